The van der Waals surface area contributed by atoms with Crippen LogP contribution in [0.1, 0.15) is 10.5 Å². The summed E-state index contributed by atoms with van der Waals surface area (Å²) in [6.07, 6.45) is 0. The molecule has 0 saturated carbocycles. The monoisotopic (exact) mass is 300 g/mol. The minimum atomic E-state index is -0.379. The minimum absolute atomic E-state index is 0.221. The fraction of sp³-hybridized carbons (Fsp3) is 0. The van der Waals surface area contributed by atoms with Crippen molar-refractivity contribution in [1.82, 2.24) is 4.98 Å². The number of hydrogen-bond donors (Lipinski definition) is 1. The Hall–Kier alpha value is -1.29. The highest BCUT2D eigenvalue weighted by atomic mass is 35.5. The number of nitrogens with one attached hydrogen (secondary N) is 1. The standard InChI is InChI=1S/C12H7Cl3N2O/c13-7-4-8(14)6-9(5-7)16-12(18)10-2-1-3-11(15)17-10/h1-6H,(H,16,18). The van der Waals surface area contributed by atoms with Crippen molar-refractivity contribution >= 4 is 46.4 Å². The number of aromatic nitrogens is 1. The third-order valence-corrected chi connectivity index (χ3v) is 2.72. The third kappa shape index (κ3) is 3.35. The molecule has 0 bridgehead atoms. The zero-order valence-corrected chi connectivity index (χ0v) is 11.2. The van der Waals surface area contributed by atoms with Crippen molar-refractivity contribution < 1.29 is 4.79 Å². The van der Waals surface area contributed by atoms with Gasteiger partial charge in [-0.3, -0.25) is 4.79 Å². The molecule has 3 nitrogen and oxygen atoms in total. The lowest BCUT2D eigenvalue weighted by atomic mass is 10.3. The number of amides is 1. The van der Waals surface area contributed by atoms with Crippen molar-refractivity contribution in [1.29, 1.82) is 0 Å². The van der Waals surface area contributed by atoms with E-state index in [1.165, 1.54) is 0 Å². The Morgan fingerprint density at radius 1 is 1.06 bits per heavy atom. The number of halogens is 3. The zero-order valence-electron chi connectivity index (χ0n) is 8.95. The van der Waals surface area contributed by atoms with E-state index in [0.29, 0.717) is 15.7 Å². The average molecular weight is 302 g/mol. The van der Waals surface area contributed by atoms with E-state index in [4.69, 9.17) is 34.8 Å². The maximum atomic E-state index is 11.9. The normalized spacial score (nSPS) is 10.2. The van der Waals surface area contributed by atoms with Crippen molar-refractivity contribution in [2.24, 2.45) is 0 Å². The van der Waals surface area contributed by atoms with E-state index < -0.39 is 0 Å². The van der Waals surface area contributed by atoms with E-state index >= 15 is 0 Å². The molecular formula is C12H7Cl3N2O. The lowest BCUT2D eigenvalue weighted by Gasteiger charge is -2.06. The highest BCUT2D eigenvalue weighted by molar-refractivity contribution is 6.35. The molecule has 0 atom stereocenters. The van der Waals surface area contributed by atoms with Gasteiger partial charge in [0.15, 0.2) is 0 Å². The van der Waals surface area contributed by atoms with Gasteiger partial charge in [0.1, 0.15) is 10.8 Å². The second-order valence-electron chi connectivity index (χ2n) is 3.46. The number of nitrogens with zero attached hydrogens (tertiary/aromatic N) is 1. The Kier molecular flexibility index (Phi) is 4.07. The summed E-state index contributed by atoms with van der Waals surface area (Å²) in [6, 6.07) is 9.57. The molecule has 2 rings (SSSR count). The molecule has 0 unspecified atom stereocenters. The van der Waals surface area contributed by atoms with Crippen molar-refractivity contribution in [3.63, 3.8) is 0 Å². The summed E-state index contributed by atoms with van der Waals surface area (Å²) < 4.78 is 0. The van der Waals surface area contributed by atoms with E-state index in [1.54, 1.807) is 36.4 Å². The minimum Gasteiger partial charge on any atom is -0.321 e. The first-order valence-electron chi connectivity index (χ1n) is 4.94. The van der Waals surface area contributed by atoms with Crippen LogP contribution in [-0.4, -0.2) is 10.9 Å². The van der Waals surface area contributed by atoms with E-state index in [0.717, 1.165) is 0 Å². The molecule has 0 spiro atoms. The van der Waals surface area contributed by atoms with Crippen LogP contribution in [0.25, 0.3) is 0 Å². The summed E-state index contributed by atoms with van der Waals surface area (Å²) >= 11 is 17.4. The van der Waals surface area contributed by atoms with Crippen LogP contribution in [0.4, 0.5) is 5.69 Å². The van der Waals surface area contributed by atoms with Gasteiger partial charge in [-0.2, -0.15) is 0 Å². The molecule has 1 amide bonds. The Morgan fingerprint density at radius 2 is 1.72 bits per heavy atom. The topological polar surface area (TPSA) is 42.0 Å². The van der Waals surface area contributed by atoms with E-state index in [1.807, 2.05) is 0 Å². The van der Waals surface area contributed by atoms with Gasteiger partial charge < -0.3 is 5.32 Å². The van der Waals surface area contributed by atoms with Crippen LogP contribution in [-0.2, 0) is 0 Å². The molecule has 0 aliphatic rings. The molecule has 1 heterocycles. The van der Waals surface area contributed by atoms with Gasteiger partial charge >= 0.3 is 0 Å². The smallest absolute Gasteiger partial charge is 0.274 e. The molecule has 1 N–H and O–H groups in total. The average Bonchev–Trinajstić information content (AvgIpc) is 2.27. The lowest BCUT2D eigenvalue weighted by Crippen LogP contribution is -2.13. The predicted octanol–water partition coefficient (Wildman–Crippen LogP) is 4.29. The molecular weight excluding hydrogens is 295 g/mol. The first-order valence-corrected chi connectivity index (χ1v) is 6.08. The second kappa shape index (κ2) is 5.57. The number of carbonyl (C=O) groups excluding carboxylic acids is 1. The Morgan fingerprint density at radius 3 is 2.33 bits per heavy atom. The molecule has 0 aliphatic carbocycles. The first kappa shape index (κ1) is 13.1. The number of hydrogen-bond acceptors (Lipinski definition) is 2. The van der Waals surface area contributed by atoms with Gasteiger partial charge in [-0.05, 0) is 30.3 Å². The second-order valence-corrected chi connectivity index (χ2v) is 4.72. The molecule has 1 aromatic carbocycles. The van der Waals surface area contributed by atoms with Crippen LogP contribution in [0, 0.1) is 0 Å². The number of anilines is 1. The van der Waals surface area contributed by atoms with Crippen molar-refractivity contribution in [2.45, 2.75) is 0 Å². The van der Waals surface area contributed by atoms with E-state index in [9.17, 15) is 4.79 Å². The summed E-state index contributed by atoms with van der Waals surface area (Å²) in [5.41, 5.74) is 0.720. The van der Waals surface area contributed by atoms with Crippen LogP contribution in [0.15, 0.2) is 36.4 Å². The SMILES string of the molecule is O=C(Nc1cc(Cl)cc(Cl)c1)c1cccc(Cl)n1. The number of rotatable bonds is 2. The summed E-state index contributed by atoms with van der Waals surface area (Å²) in [7, 11) is 0. The summed E-state index contributed by atoms with van der Waals surface area (Å²) in [4.78, 5) is 15.8. The Bertz CT molecular complexity index is 581. The maximum absolute atomic E-state index is 11.9. The maximum Gasteiger partial charge on any atom is 0.274 e. The van der Waals surface area contributed by atoms with Crippen LogP contribution in [0.2, 0.25) is 15.2 Å². The third-order valence-electron chi connectivity index (χ3n) is 2.07. The quantitative estimate of drug-likeness (QED) is 0.841. The summed E-state index contributed by atoms with van der Waals surface area (Å²) in [6.45, 7) is 0. The largest absolute Gasteiger partial charge is 0.321 e. The fourth-order valence-corrected chi connectivity index (χ4v) is 2.05. The highest BCUT2D eigenvalue weighted by Gasteiger charge is 2.08. The number of benzene rings is 1. The molecule has 0 fully saturated rings. The van der Waals surface area contributed by atoms with Crippen molar-refractivity contribution in [3.8, 4) is 0 Å². The van der Waals surface area contributed by atoms with Crippen LogP contribution in [0.3, 0.4) is 0 Å². The van der Waals surface area contributed by atoms with Gasteiger partial charge in [-0.25, -0.2) is 4.98 Å². The van der Waals surface area contributed by atoms with Crippen LogP contribution in [0.5, 0.6) is 0 Å². The van der Waals surface area contributed by atoms with Crippen molar-refractivity contribution in [2.75, 3.05) is 5.32 Å². The fourth-order valence-electron chi connectivity index (χ4n) is 1.36. The van der Waals surface area contributed by atoms with Gasteiger partial charge in [0.05, 0.1) is 0 Å². The first-order chi connectivity index (χ1) is 8.54. The lowest BCUT2D eigenvalue weighted by molar-refractivity contribution is 0.102. The van der Waals surface area contributed by atoms with Crippen LogP contribution < -0.4 is 5.32 Å². The molecule has 0 radical (unpaired) electrons. The molecule has 92 valence electrons. The zero-order chi connectivity index (χ0) is 13.1. The molecule has 6 heteroatoms. The molecule has 1 aromatic heterocycles. The van der Waals surface area contributed by atoms with Gasteiger partial charge in [-0.15, -0.1) is 0 Å². The molecule has 18 heavy (non-hydrogen) atoms. The summed E-state index contributed by atoms with van der Waals surface area (Å²) in [5, 5.41) is 3.78. The summed E-state index contributed by atoms with van der Waals surface area (Å²) in [5.74, 6) is -0.379. The number of pyridine rings is 1. The Labute approximate surface area is 119 Å². The molecule has 2 aromatic rings. The van der Waals surface area contributed by atoms with Crippen LogP contribution >= 0.6 is 34.8 Å². The van der Waals surface area contributed by atoms with Crippen molar-refractivity contribution in [3.05, 3.63) is 57.3 Å². The number of carbonyl (C=O) groups is 1. The Balaban J connectivity index is 2.21. The van der Waals surface area contributed by atoms with Gasteiger partial charge in [0, 0.05) is 15.7 Å². The molecule has 0 saturated heterocycles. The molecule has 0 aliphatic heterocycles. The van der Waals surface area contributed by atoms with E-state index in [-0.39, 0.29) is 16.8 Å². The highest BCUT2D eigenvalue weighted by Crippen LogP contribution is 2.22. The van der Waals surface area contributed by atoms with Gasteiger partial charge in [0.2, 0.25) is 0 Å². The predicted molar refractivity (Wildman–Crippen MR) is 73.7 cm³/mol. The van der Waals surface area contributed by atoms with E-state index in [2.05, 4.69) is 10.3 Å². The van der Waals surface area contributed by atoms with Gasteiger partial charge in [-0.1, -0.05) is 40.9 Å². The van der Waals surface area contributed by atoms with Gasteiger partial charge in [0.25, 0.3) is 5.91 Å².